The lowest BCUT2D eigenvalue weighted by atomic mass is 9.88. The monoisotopic (exact) mass is 228 g/mol. The highest BCUT2D eigenvalue weighted by atomic mass is 16.3. The normalized spacial score (nSPS) is 25.7. The van der Waals surface area contributed by atoms with Crippen LogP contribution in [0, 0.1) is 5.41 Å². The van der Waals surface area contributed by atoms with Gasteiger partial charge in [-0.3, -0.25) is 9.80 Å². The van der Waals surface area contributed by atoms with E-state index in [1.807, 2.05) is 0 Å². The number of nitrogens with zero attached hydrogens (tertiary/aromatic N) is 2. The third-order valence-corrected chi connectivity index (χ3v) is 3.83. The summed E-state index contributed by atoms with van der Waals surface area (Å²) in [4.78, 5) is 4.78. The van der Waals surface area contributed by atoms with Gasteiger partial charge in [-0.15, -0.1) is 0 Å². The van der Waals surface area contributed by atoms with Crippen LogP contribution in [0.5, 0.6) is 0 Å². The third-order valence-electron chi connectivity index (χ3n) is 3.83. The fourth-order valence-corrected chi connectivity index (χ4v) is 2.02. The smallest absolute Gasteiger partial charge is 0.0715 e. The number of β-amino-alcohol motifs (C(OH)–C–C–N with tert-alkyl or cyclic N) is 1. The van der Waals surface area contributed by atoms with Crippen LogP contribution in [0.4, 0.5) is 0 Å². The first-order chi connectivity index (χ1) is 7.13. The minimum atomic E-state index is -0.244. The van der Waals surface area contributed by atoms with Crippen LogP contribution in [-0.4, -0.2) is 59.8 Å². The molecule has 3 nitrogen and oxygen atoms in total. The lowest BCUT2D eigenvalue weighted by Crippen LogP contribution is -2.59. The van der Waals surface area contributed by atoms with Crippen molar-refractivity contribution >= 4 is 0 Å². The summed E-state index contributed by atoms with van der Waals surface area (Å²) < 4.78 is 0. The zero-order chi connectivity index (χ0) is 12.6. The molecule has 1 unspecified atom stereocenters. The zero-order valence-corrected chi connectivity index (χ0v) is 11.7. The number of aliphatic hydroxyl groups excluding tert-OH is 1. The Morgan fingerprint density at radius 3 is 2.25 bits per heavy atom. The lowest BCUT2D eigenvalue weighted by molar-refractivity contribution is -0.0156. The van der Waals surface area contributed by atoms with Crippen LogP contribution in [0.3, 0.4) is 0 Å². The summed E-state index contributed by atoms with van der Waals surface area (Å²) in [7, 11) is 2.18. The van der Waals surface area contributed by atoms with Gasteiger partial charge in [0.05, 0.1) is 6.10 Å². The van der Waals surface area contributed by atoms with Crippen molar-refractivity contribution in [2.75, 3.05) is 33.2 Å². The average molecular weight is 228 g/mol. The highest BCUT2D eigenvalue weighted by Crippen LogP contribution is 2.23. The van der Waals surface area contributed by atoms with E-state index in [2.05, 4.69) is 51.5 Å². The molecule has 1 aliphatic rings. The predicted octanol–water partition coefficient (Wildman–Crippen LogP) is 1.42. The molecule has 96 valence electrons. The van der Waals surface area contributed by atoms with Crippen molar-refractivity contribution in [3.05, 3.63) is 0 Å². The third kappa shape index (κ3) is 3.44. The van der Waals surface area contributed by atoms with E-state index in [0.29, 0.717) is 0 Å². The Kier molecular flexibility index (Phi) is 4.04. The van der Waals surface area contributed by atoms with Gasteiger partial charge in [-0.05, 0) is 26.3 Å². The molecule has 1 atom stereocenters. The van der Waals surface area contributed by atoms with Gasteiger partial charge in [-0.25, -0.2) is 0 Å². The number of likely N-dealkylation sites (N-methyl/N-ethyl adjacent to an activating group) is 1. The van der Waals surface area contributed by atoms with Gasteiger partial charge >= 0.3 is 0 Å². The largest absolute Gasteiger partial charge is 0.391 e. The van der Waals surface area contributed by atoms with E-state index in [1.54, 1.807) is 0 Å². The Balaban J connectivity index is 2.52. The Bertz CT molecular complexity index is 233. The summed E-state index contributed by atoms with van der Waals surface area (Å²) in [5, 5.41) is 10.1. The van der Waals surface area contributed by atoms with Gasteiger partial charge in [0.1, 0.15) is 0 Å². The second kappa shape index (κ2) is 4.63. The topological polar surface area (TPSA) is 26.7 Å². The maximum absolute atomic E-state index is 10.1. The van der Waals surface area contributed by atoms with Crippen molar-refractivity contribution in [3.8, 4) is 0 Å². The van der Waals surface area contributed by atoms with Gasteiger partial charge < -0.3 is 5.11 Å². The van der Waals surface area contributed by atoms with Crippen LogP contribution in [0.15, 0.2) is 0 Å². The summed E-state index contributed by atoms with van der Waals surface area (Å²) in [5.74, 6) is 0. The fourth-order valence-electron chi connectivity index (χ4n) is 2.02. The number of rotatable bonds is 2. The summed E-state index contributed by atoms with van der Waals surface area (Å²) in [5.41, 5.74) is 0.198. The first-order valence-corrected chi connectivity index (χ1v) is 6.24. The van der Waals surface area contributed by atoms with Crippen molar-refractivity contribution in [2.45, 2.75) is 46.3 Å². The quantitative estimate of drug-likeness (QED) is 0.774. The molecule has 0 aromatic carbocycles. The van der Waals surface area contributed by atoms with E-state index in [-0.39, 0.29) is 17.1 Å². The van der Waals surface area contributed by atoms with Gasteiger partial charge in [0.25, 0.3) is 0 Å². The Morgan fingerprint density at radius 1 is 1.25 bits per heavy atom. The predicted molar refractivity (Wildman–Crippen MR) is 68.6 cm³/mol. The van der Waals surface area contributed by atoms with E-state index in [9.17, 15) is 5.11 Å². The van der Waals surface area contributed by atoms with E-state index >= 15 is 0 Å². The van der Waals surface area contributed by atoms with Crippen LogP contribution in [-0.2, 0) is 0 Å². The number of hydrogen-bond donors (Lipinski definition) is 1. The van der Waals surface area contributed by atoms with Crippen LogP contribution in [0.2, 0.25) is 0 Å². The molecular weight excluding hydrogens is 200 g/mol. The fraction of sp³-hybridized carbons (Fsp3) is 1.00. The maximum Gasteiger partial charge on any atom is 0.0715 e. The number of hydrogen-bond acceptors (Lipinski definition) is 3. The van der Waals surface area contributed by atoms with Crippen LogP contribution in [0.25, 0.3) is 0 Å². The Hall–Kier alpha value is -0.120. The van der Waals surface area contributed by atoms with E-state index < -0.39 is 0 Å². The molecule has 0 spiro atoms. The molecule has 1 fully saturated rings. The van der Waals surface area contributed by atoms with Gasteiger partial charge in [0.2, 0.25) is 0 Å². The molecule has 1 aliphatic heterocycles. The van der Waals surface area contributed by atoms with Crippen molar-refractivity contribution in [1.29, 1.82) is 0 Å². The van der Waals surface area contributed by atoms with Gasteiger partial charge in [-0.2, -0.15) is 0 Å². The van der Waals surface area contributed by atoms with E-state index in [0.717, 1.165) is 26.2 Å². The summed E-state index contributed by atoms with van der Waals surface area (Å²) in [6, 6.07) is 0. The zero-order valence-electron chi connectivity index (χ0n) is 11.7. The average Bonchev–Trinajstić information content (AvgIpc) is 2.09. The summed E-state index contributed by atoms with van der Waals surface area (Å²) in [6.07, 6.45) is -0.244. The first kappa shape index (κ1) is 13.9. The molecule has 0 aromatic heterocycles. The molecule has 0 aromatic rings. The standard InChI is InChI=1S/C13H28N2O/c1-12(2,3)11(16)9-15-8-7-14(6)13(4,5)10-15/h11,16H,7-10H2,1-6H3. The highest BCUT2D eigenvalue weighted by Gasteiger charge is 2.33. The van der Waals surface area contributed by atoms with Gasteiger partial charge in [0.15, 0.2) is 0 Å². The molecule has 0 bridgehead atoms. The minimum Gasteiger partial charge on any atom is -0.391 e. The van der Waals surface area contributed by atoms with Gasteiger partial charge in [-0.1, -0.05) is 20.8 Å². The van der Waals surface area contributed by atoms with Crippen molar-refractivity contribution < 1.29 is 5.11 Å². The molecule has 1 saturated heterocycles. The molecule has 0 aliphatic carbocycles. The summed E-state index contributed by atoms with van der Waals surface area (Å²) >= 11 is 0. The maximum atomic E-state index is 10.1. The Labute approximate surface area is 100 Å². The molecule has 1 N–H and O–H groups in total. The molecule has 0 amide bonds. The Morgan fingerprint density at radius 2 is 1.81 bits per heavy atom. The van der Waals surface area contributed by atoms with Crippen LogP contribution >= 0.6 is 0 Å². The molecule has 1 heterocycles. The molecule has 3 heteroatoms. The second-order valence-electron chi connectivity index (χ2n) is 6.85. The first-order valence-electron chi connectivity index (χ1n) is 6.24. The highest BCUT2D eigenvalue weighted by molar-refractivity contribution is 4.89. The molecule has 16 heavy (non-hydrogen) atoms. The molecular formula is C13H28N2O. The summed E-state index contributed by atoms with van der Waals surface area (Å²) in [6.45, 7) is 14.8. The van der Waals surface area contributed by atoms with E-state index in [4.69, 9.17) is 0 Å². The number of aliphatic hydroxyl groups is 1. The number of piperazine rings is 1. The molecule has 0 saturated carbocycles. The molecule has 0 radical (unpaired) electrons. The second-order valence-corrected chi connectivity index (χ2v) is 6.85. The van der Waals surface area contributed by atoms with Crippen LogP contribution < -0.4 is 0 Å². The minimum absolute atomic E-state index is 0.0203. The SMILES string of the molecule is CN1CCN(CC(O)C(C)(C)C)CC1(C)C. The van der Waals surface area contributed by atoms with E-state index in [1.165, 1.54) is 0 Å². The van der Waals surface area contributed by atoms with Crippen molar-refractivity contribution in [3.63, 3.8) is 0 Å². The molecule has 1 rings (SSSR count). The van der Waals surface area contributed by atoms with Crippen molar-refractivity contribution in [1.82, 2.24) is 9.80 Å². The lowest BCUT2D eigenvalue weighted by Gasteiger charge is -2.46. The van der Waals surface area contributed by atoms with Crippen LogP contribution in [0.1, 0.15) is 34.6 Å². The van der Waals surface area contributed by atoms with Crippen molar-refractivity contribution in [2.24, 2.45) is 5.41 Å². The van der Waals surface area contributed by atoms with Gasteiger partial charge in [0, 0.05) is 31.7 Å².